The van der Waals surface area contributed by atoms with Crippen LogP contribution >= 0.6 is 0 Å². The third kappa shape index (κ3) is 3.69. The second kappa shape index (κ2) is 7.10. The summed E-state index contributed by atoms with van der Waals surface area (Å²) in [6, 6.07) is 11.0. The topological polar surface area (TPSA) is 84.4 Å². The Balaban J connectivity index is 1.59. The van der Waals surface area contributed by atoms with E-state index in [-0.39, 0.29) is 5.91 Å². The zero-order valence-electron chi connectivity index (χ0n) is 13.5. The average molecular weight is 326 g/mol. The lowest BCUT2D eigenvalue weighted by molar-refractivity contribution is 0.0963. The van der Waals surface area contributed by atoms with Gasteiger partial charge in [-0.25, -0.2) is 0 Å². The van der Waals surface area contributed by atoms with E-state index in [1.165, 1.54) is 0 Å². The van der Waals surface area contributed by atoms with Gasteiger partial charge in [0.1, 0.15) is 0 Å². The van der Waals surface area contributed by atoms with E-state index in [1.54, 1.807) is 25.4 Å². The Labute approximate surface area is 139 Å². The molecule has 0 aliphatic heterocycles. The van der Waals surface area contributed by atoms with Gasteiger partial charge in [0.25, 0.3) is 11.8 Å². The summed E-state index contributed by atoms with van der Waals surface area (Å²) in [5.41, 5.74) is 1.74. The molecule has 124 valence electrons. The van der Waals surface area contributed by atoms with E-state index in [2.05, 4.69) is 15.5 Å². The molecule has 3 rings (SSSR count). The number of amides is 1. The van der Waals surface area contributed by atoms with Crippen LogP contribution in [-0.2, 0) is 13.1 Å². The zero-order valence-corrected chi connectivity index (χ0v) is 13.5. The number of furan rings is 1. The normalized spacial score (nSPS) is 11.0. The Kier molecular flexibility index (Phi) is 4.72. The van der Waals surface area contributed by atoms with Crippen molar-refractivity contribution in [3.8, 4) is 11.7 Å². The summed E-state index contributed by atoms with van der Waals surface area (Å²) in [5, 5.41) is 10.6. The van der Waals surface area contributed by atoms with Gasteiger partial charge in [0.2, 0.25) is 5.89 Å². The largest absolute Gasteiger partial charge is 0.459 e. The highest BCUT2D eigenvalue weighted by Gasteiger charge is 2.12. The van der Waals surface area contributed by atoms with Crippen molar-refractivity contribution in [1.82, 2.24) is 20.4 Å². The van der Waals surface area contributed by atoms with E-state index >= 15 is 0 Å². The summed E-state index contributed by atoms with van der Waals surface area (Å²) in [5.74, 6) is 1.36. The number of carbonyl (C=O) groups is 1. The van der Waals surface area contributed by atoms with Gasteiger partial charge in [0.15, 0.2) is 5.76 Å². The van der Waals surface area contributed by atoms with Gasteiger partial charge in [-0.1, -0.05) is 12.1 Å². The quantitative estimate of drug-likeness (QED) is 0.748. The first kappa shape index (κ1) is 15.9. The number of rotatable bonds is 6. The van der Waals surface area contributed by atoms with Gasteiger partial charge in [0.05, 0.1) is 12.8 Å². The Morgan fingerprint density at radius 2 is 1.96 bits per heavy atom. The minimum absolute atomic E-state index is 0.0915. The molecule has 2 heterocycles. The van der Waals surface area contributed by atoms with Gasteiger partial charge >= 0.3 is 0 Å². The summed E-state index contributed by atoms with van der Waals surface area (Å²) in [4.78, 5) is 13.6. The van der Waals surface area contributed by atoms with Crippen molar-refractivity contribution in [2.75, 3.05) is 14.1 Å². The molecule has 0 aliphatic rings. The molecule has 0 aliphatic carbocycles. The summed E-state index contributed by atoms with van der Waals surface area (Å²) in [7, 11) is 3.58. The van der Waals surface area contributed by atoms with E-state index in [0.717, 1.165) is 5.56 Å². The molecule has 1 N–H and O–H groups in total. The number of benzene rings is 1. The highest BCUT2D eigenvalue weighted by molar-refractivity contribution is 5.93. The fourth-order valence-corrected chi connectivity index (χ4v) is 2.32. The molecule has 24 heavy (non-hydrogen) atoms. The van der Waals surface area contributed by atoms with E-state index < -0.39 is 0 Å². The lowest BCUT2D eigenvalue weighted by Crippen LogP contribution is -2.19. The zero-order chi connectivity index (χ0) is 16.9. The molecule has 0 saturated heterocycles. The van der Waals surface area contributed by atoms with Gasteiger partial charge in [-0.05, 0) is 36.9 Å². The van der Waals surface area contributed by atoms with Crippen LogP contribution < -0.4 is 5.32 Å². The summed E-state index contributed by atoms with van der Waals surface area (Å²) >= 11 is 0. The Hall–Kier alpha value is -2.93. The highest BCUT2D eigenvalue weighted by Crippen LogP contribution is 2.18. The Morgan fingerprint density at radius 1 is 1.17 bits per heavy atom. The van der Waals surface area contributed by atoms with Gasteiger partial charge < -0.3 is 14.2 Å². The van der Waals surface area contributed by atoms with Gasteiger partial charge in [0, 0.05) is 19.2 Å². The summed E-state index contributed by atoms with van der Waals surface area (Å²) < 4.78 is 10.8. The van der Waals surface area contributed by atoms with E-state index in [1.807, 2.05) is 36.2 Å². The van der Waals surface area contributed by atoms with Crippen LogP contribution in [0.25, 0.3) is 11.7 Å². The van der Waals surface area contributed by atoms with Crippen LogP contribution in [0.3, 0.4) is 0 Å². The van der Waals surface area contributed by atoms with Crippen LogP contribution in [0.15, 0.2) is 51.5 Å². The van der Waals surface area contributed by atoms with E-state index in [0.29, 0.717) is 36.2 Å². The summed E-state index contributed by atoms with van der Waals surface area (Å²) in [6.07, 6.45) is 1.56. The minimum Gasteiger partial charge on any atom is -0.459 e. The number of nitrogens with one attached hydrogen (secondary N) is 1. The second-order valence-electron chi connectivity index (χ2n) is 5.43. The predicted octanol–water partition coefficient (Wildman–Crippen LogP) is 2.32. The van der Waals surface area contributed by atoms with Crippen LogP contribution in [0.5, 0.6) is 0 Å². The molecule has 7 heteroatoms. The molecule has 7 nitrogen and oxygen atoms in total. The molecule has 0 unspecified atom stereocenters. The molecular formula is C17H18N4O3. The molecular weight excluding hydrogens is 308 g/mol. The first-order chi connectivity index (χ1) is 11.7. The molecule has 0 fully saturated rings. The molecule has 1 aromatic carbocycles. The maximum absolute atomic E-state index is 11.5. The fraction of sp³-hybridized carbons (Fsp3) is 0.235. The van der Waals surface area contributed by atoms with Crippen molar-refractivity contribution >= 4 is 5.91 Å². The maximum atomic E-state index is 11.5. The number of aromatic nitrogens is 2. The van der Waals surface area contributed by atoms with Crippen LogP contribution in [0.1, 0.15) is 21.8 Å². The van der Waals surface area contributed by atoms with Crippen molar-refractivity contribution in [3.05, 3.63) is 59.7 Å². The molecule has 0 radical (unpaired) electrons. The number of hydrogen-bond acceptors (Lipinski definition) is 6. The Bertz CT molecular complexity index is 794. The third-order valence-electron chi connectivity index (χ3n) is 3.50. The lowest BCUT2D eigenvalue weighted by Gasteiger charge is -2.14. The van der Waals surface area contributed by atoms with Gasteiger partial charge in [-0.15, -0.1) is 10.2 Å². The summed E-state index contributed by atoms with van der Waals surface area (Å²) in [6.45, 7) is 1.22. The van der Waals surface area contributed by atoms with Crippen LogP contribution in [0.4, 0.5) is 0 Å². The molecule has 2 aromatic heterocycles. The second-order valence-corrected chi connectivity index (χ2v) is 5.43. The number of nitrogens with zero attached hydrogens (tertiary/aromatic N) is 3. The average Bonchev–Trinajstić information content (AvgIpc) is 3.26. The molecule has 0 saturated carbocycles. The molecule has 0 spiro atoms. The third-order valence-corrected chi connectivity index (χ3v) is 3.50. The highest BCUT2D eigenvalue weighted by atomic mass is 16.4. The standard InChI is InChI=1S/C17H18N4O3/c1-18-16(22)13-7-5-12(6-8-13)10-21(2)11-15-19-20-17(24-15)14-4-3-9-23-14/h3-9H,10-11H2,1-2H3,(H,18,22). The molecule has 0 atom stereocenters. The van der Waals surface area contributed by atoms with Crippen molar-refractivity contribution in [2.45, 2.75) is 13.1 Å². The van der Waals surface area contributed by atoms with E-state index in [4.69, 9.17) is 8.83 Å². The predicted molar refractivity (Wildman–Crippen MR) is 87.0 cm³/mol. The lowest BCUT2D eigenvalue weighted by atomic mass is 10.1. The monoisotopic (exact) mass is 326 g/mol. The van der Waals surface area contributed by atoms with Crippen molar-refractivity contribution in [3.63, 3.8) is 0 Å². The number of carbonyl (C=O) groups excluding carboxylic acids is 1. The fourth-order valence-electron chi connectivity index (χ4n) is 2.32. The first-order valence-corrected chi connectivity index (χ1v) is 7.51. The van der Waals surface area contributed by atoms with Crippen molar-refractivity contribution in [1.29, 1.82) is 0 Å². The van der Waals surface area contributed by atoms with Crippen molar-refractivity contribution < 1.29 is 13.6 Å². The Morgan fingerprint density at radius 3 is 2.62 bits per heavy atom. The smallest absolute Gasteiger partial charge is 0.283 e. The van der Waals surface area contributed by atoms with Gasteiger partial charge in [-0.3, -0.25) is 9.69 Å². The van der Waals surface area contributed by atoms with Crippen LogP contribution in [0, 0.1) is 0 Å². The number of hydrogen-bond donors (Lipinski definition) is 1. The van der Waals surface area contributed by atoms with Crippen molar-refractivity contribution in [2.24, 2.45) is 0 Å². The molecule has 3 aromatic rings. The minimum atomic E-state index is -0.0915. The first-order valence-electron chi connectivity index (χ1n) is 7.51. The van der Waals surface area contributed by atoms with Gasteiger partial charge in [-0.2, -0.15) is 0 Å². The molecule has 1 amide bonds. The molecule has 0 bridgehead atoms. The van der Waals surface area contributed by atoms with Crippen LogP contribution in [0.2, 0.25) is 0 Å². The SMILES string of the molecule is CNC(=O)c1ccc(CN(C)Cc2nnc(-c3ccco3)o2)cc1. The van der Waals surface area contributed by atoms with Crippen LogP contribution in [-0.4, -0.2) is 35.1 Å². The maximum Gasteiger partial charge on any atom is 0.283 e. The van der Waals surface area contributed by atoms with E-state index in [9.17, 15) is 4.79 Å².